The summed E-state index contributed by atoms with van der Waals surface area (Å²) in [4.78, 5) is 4.28. The highest BCUT2D eigenvalue weighted by Crippen LogP contribution is 2.35. The lowest BCUT2D eigenvalue weighted by atomic mass is 10.2. The van der Waals surface area contributed by atoms with E-state index in [1.165, 1.54) is 0 Å². The quantitative estimate of drug-likeness (QED) is 0.674. The van der Waals surface area contributed by atoms with Crippen LogP contribution in [0.2, 0.25) is 0 Å². The zero-order valence-electron chi connectivity index (χ0n) is 11.7. The normalized spacial score (nSPS) is 10.1. The van der Waals surface area contributed by atoms with Crippen LogP contribution in [0.25, 0.3) is 0 Å². The molecule has 0 N–H and O–H groups in total. The second kappa shape index (κ2) is 6.09. The molecule has 2 aromatic carbocycles. The number of aromatic nitrogens is 1. The second-order valence-corrected chi connectivity index (χ2v) is 4.59. The Balaban J connectivity index is 1.92. The maximum absolute atomic E-state index is 5.92. The summed E-state index contributed by atoms with van der Waals surface area (Å²) in [5, 5.41) is 0. The molecule has 0 saturated carbocycles. The van der Waals surface area contributed by atoms with Gasteiger partial charge in [0.1, 0.15) is 11.5 Å². The Bertz CT molecular complexity index is 712. The smallest absolute Gasteiger partial charge is 0.263 e. The molecule has 21 heavy (non-hydrogen) atoms. The lowest BCUT2D eigenvalue weighted by molar-refractivity contribution is 0.402. The second-order valence-electron chi connectivity index (χ2n) is 4.59. The molecule has 3 aromatic rings. The summed E-state index contributed by atoms with van der Waals surface area (Å²) in [6, 6.07) is 21.1. The summed E-state index contributed by atoms with van der Waals surface area (Å²) in [5.41, 5.74) is 0.972. The molecule has 0 unspecified atom stereocenters. The Hall–Kier alpha value is -2.81. The van der Waals surface area contributed by atoms with Crippen LogP contribution < -0.4 is 9.47 Å². The zero-order chi connectivity index (χ0) is 14.5. The topological polar surface area (TPSA) is 31.4 Å². The highest BCUT2D eigenvalue weighted by molar-refractivity contribution is 5.45. The predicted molar refractivity (Wildman–Crippen MR) is 82.0 cm³/mol. The molecule has 3 rings (SSSR count). The van der Waals surface area contributed by atoms with Gasteiger partial charge in [-0.3, -0.25) is 0 Å². The van der Waals surface area contributed by atoms with Gasteiger partial charge in [0, 0.05) is 6.20 Å². The summed E-state index contributed by atoms with van der Waals surface area (Å²) in [6.07, 6.45) is 1.71. The Morgan fingerprint density at radius 1 is 0.714 bits per heavy atom. The van der Waals surface area contributed by atoms with Gasteiger partial charge in [0.15, 0.2) is 5.75 Å². The number of para-hydroxylation sites is 2. The van der Waals surface area contributed by atoms with Crippen molar-refractivity contribution in [2.75, 3.05) is 0 Å². The summed E-state index contributed by atoms with van der Waals surface area (Å²) in [6.45, 7) is 1.97. The van der Waals surface area contributed by atoms with Crippen LogP contribution in [0.1, 0.15) is 5.56 Å². The minimum atomic E-state index is 0.463. The molecule has 0 radical (unpaired) electrons. The summed E-state index contributed by atoms with van der Waals surface area (Å²) in [7, 11) is 0. The lowest BCUT2D eigenvalue weighted by Crippen LogP contribution is -1.95. The third kappa shape index (κ3) is 3.20. The van der Waals surface area contributed by atoms with Crippen LogP contribution in [0, 0.1) is 6.92 Å². The standard InChI is InChI=1S/C18H15NO2/c1-14-12-13-19-18(21-16-10-6-3-7-11-16)17(14)20-15-8-4-2-5-9-15/h2-13H,1H3. The molecule has 0 amide bonds. The molecule has 3 nitrogen and oxygen atoms in total. The molecule has 1 aromatic heterocycles. The third-order valence-electron chi connectivity index (χ3n) is 2.99. The van der Waals surface area contributed by atoms with Crippen molar-refractivity contribution in [1.82, 2.24) is 4.98 Å². The molecular weight excluding hydrogens is 262 g/mol. The van der Waals surface area contributed by atoms with Crippen LogP contribution in [0.4, 0.5) is 0 Å². The van der Waals surface area contributed by atoms with E-state index in [1.54, 1.807) is 6.20 Å². The maximum Gasteiger partial charge on any atom is 0.263 e. The number of pyridine rings is 1. The van der Waals surface area contributed by atoms with E-state index in [1.807, 2.05) is 73.7 Å². The summed E-state index contributed by atoms with van der Waals surface area (Å²) < 4.78 is 11.8. The highest BCUT2D eigenvalue weighted by Gasteiger charge is 2.12. The Kier molecular flexibility index (Phi) is 3.83. The first-order valence-electron chi connectivity index (χ1n) is 6.74. The number of aryl methyl sites for hydroxylation is 1. The largest absolute Gasteiger partial charge is 0.451 e. The Labute approximate surface area is 123 Å². The molecular formula is C18H15NO2. The van der Waals surface area contributed by atoms with Gasteiger partial charge in [0.05, 0.1) is 0 Å². The van der Waals surface area contributed by atoms with Crippen LogP contribution in [0.5, 0.6) is 23.1 Å². The van der Waals surface area contributed by atoms with Crippen molar-refractivity contribution in [3.05, 3.63) is 78.5 Å². The van der Waals surface area contributed by atoms with E-state index in [2.05, 4.69) is 4.98 Å². The predicted octanol–water partition coefficient (Wildman–Crippen LogP) is 4.97. The summed E-state index contributed by atoms with van der Waals surface area (Å²) in [5.74, 6) is 2.58. The first kappa shape index (κ1) is 13.2. The van der Waals surface area contributed by atoms with Crippen molar-refractivity contribution < 1.29 is 9.47 Å². The fourth-order valence-electron chi connectivity index (χ4n) is 1.92. The van der Waals surface area contributed by atoms with Crippen LogP contribution in [-0.2, 0) is 0 Å². The van der Waals surface area contributed by atoms with E-state index in [0.29, 0.717) is 11.6 Å². The molecule has 0 aliphatic heterocycles. The number of rotatable bonds is 4. The molecule has 0 aliphatic rings. The number of nitrogens with zero attached hydrogens (tertiary/aromatic N) is 1. The van der Waals surface area contributed by atoms with Crippen molar-refractivity contribution in [2.24, 2.45) is 0 Å². The van der Waals surface area contributed by atoms with Gasteiger partial charge in [-0.25, -0.2) is 4.98 Å². The van der Waals surface area contributed by atoms with Gasteiger partial charge in [-0.1, -0.05) is 36.4 Å². The fourth-order valence-corrected chi connectivity index (χ4v) is 1.92. The maximum atomic E-state index is 5.92. The average Bonchev–Trinajstić information content (AvgIpc) is 2.53. The van der Waals surface area contributed by atoms with Crippen molar-refractivity contribution >= 4 is 0 Å². The van der Waals surface area contributed by atoms with E-state index in [9.17, 15) is 0 Å². The highest BCUT2D eigenvalue weighted by atomic mass is 16.5. The van der Waals surface area contributed by atoms with E-state index < -0.39 is 0 Å². The van der Waals surface area contributed by atoms with Crippen LogP contribution in [0.3, 0.4) is 0 Å². The van der Waals surface area contributed by atoms with E-state index in [-0.39, 0.29) is 0 Å². The molecule has 1 heterocycles. The first-order valence-corrected chi connectivity index (χ1v) is 6.74. The van der Waals surface area contributed by atoms with Gasteiger partial charge >= 0.3 is 0 Å². The van der Waals surface area contributed by atoms with Gasteiger partial charge in [-0.2, -0.15) is 0 Å². The Morgan fingerprint density at radius 2 is 1.29 bits per heavy atom. The van der Waals surface area contributed by atoms with Crippen LogP contribution in [0.15, 0.2) is 72.9 Å². The van der Waals surface area contributed by atoms with Gasteiger partial charge in [0.2, 0.25) is 0 Å². The molecule has 3 heteroatoms. The van der Waals surface area contributed by atoms with Crippen molar-refractivity contribution in [3.8, 4) is 23.1 Å². The van der Waals surface area contributed by atoms with Crippen molar-refractivity contribution in [2.45, 2.75) is 6.92 Å². The number of benzene rings is 2. The van der Waals surface area contributed by atoms with Crippen molar-refractivity contribution in [1.29, 1.82) is 0 Å². The third-order valence-corrected chi connectivity index (χ3v) is 2.99. The van der Waals surface area contributed by atoms with E-state index in [0.717, 1.165) is 17.1 Å². The number of ether oxygens (including phenoxy) is 2. The van der Waals surface area contributed by atoms with E-state index in [4.69, 9.17) is 9.47 Å². The monoisotopic (exact) mass is 277 g/mol. The zero-order valence-corrected chi connectivity index (χ0v) is 11.7. The van der Waals surface area contributed by atoms with Gasteiger partial charge in [0.25, 0.3) is 5.88 Å². The van der Waals surface area contributed by atoms with Crippen molar-refractivity contribution in [3.63, 3.8) is 0 Å². The van der Waals surface area contributed by atoms with Gasteiger partial charge < -0.3 is 9.47 Å². The van der Waals surface area contributed by atoms with Gasteiger partial charge in [-0.05, 0) is 42.8 Å². The lowest BCUT2D eigenvalue weighted by Gasteiger charge is -2.13. The SMILES string of the molecule is Cc1ccnc(Oc2ccccc2)c1Oc1ccccc1. The molecule has 0 atom stereocenters. The molecule has 104 valence electrons. The van der Waals surface area contributed by atoms with E-state index >= 15 is 0 Å². The summed E-state index contributed by atoms with van der Waals surface area (Å²) >= 11 is 0. The minimum absolute atomic E-state index is 0.463. The molecule has 0 saturated heterocycles. The average molecular weight is 277 g/mol. The van der Waals surface area contributed by atoms with Crippen LogP contribution in [-0.4, -0.2) is 4.98 Å². The van der Waals surface area contributed by atoms with Gasteiger partial charge in [-0.15, -0.1) is 0 Å². The number of hydrogen-bond donors (Lipinski definition) is 0. The number of hydrogen-bond acceptors (Lipinski definition) is 3. The minimum Gasteiger partial charge on any atom is -0.451 e. The first-order chi connectivity index (χ1) is 10.3. The van der Waals surface area contributed by atoms with Crippen LogP contribution >= 0.6 is 0 Å². The fraction of sp³-hybridized carbons (Fsp3) is 0.0556. The molecule has 0 spiro atoms. The Morgan fingerprint density at radius 3 is 1.90 bits per heavy atom. The molecule has 0 bridgehead atoms. The molecule has 0 aliphatic carbocycles. The molecule has 0 fully saturated rings.